The Bertz CT molecular complexity index is 1320. The number of aryl methyl sites for hydroxylation is 2. The number of hydrogen-bond acceptors (Lipinski definition) is 5. The van der Waals surface area contributed by atoms with Crippen LogP contribution in [-0.4, -0.2) is 61.2 Å². The number of hydrogen-bond donors (Lipinski definition) is 2. The summed E-state index contributed by atoms with van der Waals surface area (Å²) in [7, 11) is -3.98. The van der Waals surface area contributed by atoms with E-state index < -0.39 is 21.5 Å². The number of fused-ring (bicyclic) bond motifs is 1. The number of nitrogens with one attached hydrogen (secondary N) is 2. The molecule has 2 aliphatic heterocycles. The number of benzene rings is 2. The number of sulfonamides is 1. The minimum atomic E-state index is -3.98. The molecule has 0 spiro atoms. The monoisotopic (exact) mass is 552 g/mol. The Morgan fingerprint density at radius 3 is 2.54 bits per heavy atom. The van der Waals surface area contributed by atoms with E-state index >= 15 is 0 Å². The zero-order valence-corrected chi connectivity index (χ0v) is 23.9. The van der Waals surface area contributed by atoms with Crippen LogP contribution in [0.5, 0.6) is 0 Å². The van der Waals surface area contributed by atoms with Crippen LogP contribution in [0.1, 0.15) is 73.7 Å². The van der Waals surface area contributed by atoms with E-state index in [0.29, 0.717) is 0 Å². The number of likely N-dealkylation sites (tertiary alicyclic amines) is 1. The predicted molar refractivity (Wildman–Crippen MR) is 150 cm³/mol. The molecule has 2 atom stereocenters. The normalized spacial score (nSPS) is 24.6. The Kier molecular flexibility index (Phi) is 8.12. The molecule has 1 aliphatic carbocycles. The van der Waals surface area contributed by atoms with Gasteiger partial charge in [-0.05, 0) is 87.9 Å². The zero-order valence-electron chi connectivity index (χ0n) is 23.0. The van der Waals surface area contributed by atoms with Gasteiger partial charge in [0.15, 0.2) is 0 Å². The first-order valence-electron chi connectivity index (χ1n) is 14.2. The van der Waals surface area contributed by atoms with Crippen molar-refractivity contribution in [2.75, 3.05) is 26.2 Å². The van der Waals surface area contributed by atoms with Crippen molar-refractivity contribution < 1.29 is 18.0 Å². The topological polar surface area (TPSA) is 98.8 Å². The summed E-state index contributed by atoms with van der Waals surface area (Å²) in [5.41, 5.74) is 3.12. The molecule has 2 amide bonds. The third-order valence-electron chi connectivity index (χ3n) is 8.47. The number of carbonyl (C=O) groups is 2. The average molecular weight is 553 g/mol. The van der Waals surface area contributed by atoms with Crippen LogP contribution >= 0.6 is 0 Å². The molecule has 3 aliphatic rings. The van der Waals surface area contributed by atoms with E-state index in [1.165, 1.54) is 34.7 Å². The van der Waals surface area contributed by atoms with Gasteiger partial charge in [0, 0.05) is 19.6 Å². The number of piperazine rings is 1. The molecular weight excluding hydrogens is 512 g/mol. The maximum absolute atomic E-state index is 13.6. The minimum Gasteiger partial charge on any atom is -0.353 e. The molecule has 5 rings (SSSR count). The molecule has 2 N–H and O–H groups in total. The predicted octanol–water partition coefficient (Wildman–Crippen LogP) is 3.44. The maximum Gasteiger partial charge on any atom is 0.244 e. The largest absolute Gasteiger partial charge is 0.353 e. The summed E-state index contributed by atoms with van der Waals surface area (Å²) < 4.78 is 28.4. The van der Waals surface area contributed by atoms with Gasteiger partial charge in [-0.3, -0.25) is 14.5 Å². The maximum atomic E-state index is 13.6. The highest BCUT2D eigenvalue weighted by atomic mass is 32.2. The molecule has 0 unspecified atom stereocenters. The third kappa shape index (κ3) is 5.90. The van der Waals surface area contributed by atoms with Crippen LogP contribution in [0.15, 0.2) is 47.4 Å². The molecule has 0 bridgehead atoms. The Balaban J connectivity index is 1.31. The van der Waals surface area contributed by atoms with Gasteiger partial charge in [0.2, 0.25) is 21.8 Å². The molecule has 210 valence electrons. The van der Waals surface area contributed by atoms with Crippen molar-refractivity contribution in [3.63, 3.8) is 0 Å². The third-order valence-corrected chi connectivity index (χ3v) is 10.5. The lowest BCUT2D eigenvalue weighted by Gasteiger charge is -2.42. The van der Waals surface area contributed by atoms with E-state index in [1.54, 1.807) is 31.2 Å². The van der Waals surface area contributed by atoms with Gasteiger partial charge in [-0.25, -0.2) is 8.42 Å². The van der Waals surface area contributed by atoms with Crippen LogP contribution < -0.4 is 10.6 Å². The standard InChI is InChI=1S/C30H40N4O4S/c1-22-9-12-25(13-10-22)39(37,38)34-18-15-31-29(36)30(34,2)20-28(35)32-27-8-6-7-24-19-23(11-14-26(24)27)21-33-16-4-3-5-17-33/h9-14,19,27H,3-8,15-18,20-21H2,1-2H3,(H,31,36)(H,32,35)/t27-,30-/m1/s1. The van der Waals surface area contributed by atoms with E-state index in [4.69, 9.17) is 0 Å². The van der Waals surface area contributed by atoms with Crippen LogP contribution in [0, 0.1) is 6.92 Å². The van der Waals surface area contributed by atoms with E-state index in [2.05, 4.69) is 33.7 Å². The van der Waals surface area contributed by atoms with Gasteiger partial charge in [-0.15, -0.1) is 0 Å². The number of piperidine rings is 1. The first kappa shape index (κ1) is 27.8. The minimum absolute atomic E-state index is 0.109. The van der Waals surface area contributed by atoms with Gasteiger partial charge in [0.1, 0.15) is 5.54 Å². The summed E-state index contributed by atoms with van der Waals surface area (Å²) in [5, 5.41) is 5.91. The van der Waals surface area contributed by atoms with E-state index in [0.717, 1.165) is 50.0 Å². The summed E-state index contributed by atoms with van der Waals surface area (Å²) >= 11 is 0. The molecule has 0 aromatic heterocycles. The van der Waals surface area contributed by atoms with E-state index in [9.17, 15) is 18.0 Å². The average Bonchev–Trinajstić information content (AvgIpc) is 2.91. The van der Waals surface area contributed by atoms with Crippen molar-refractivity contribution in [3.05, 3.63) is 64.7 Å². The molecule has 0 saturated carbocycles. The molecule has 39 heavy (non-hydrogen) atoms. The lowest BCUT2D eigenvalue weighted by Crippen LogP contribution is -2.65. The van der Waals surface area contributed by atoms with Gasteiger partial charge >= 0.3 is 0 Å². The second kappa shape index (κ2) is 11.4. The van der Waals surface area contributed by atoms with Crippen molar-refractivity contribution in [3.8, 4) is 0 Å². The zero-order chi connectivity index (χ0) is 27.6. The van der Waals surface area contributed by atoms with Crippen LogP contribution in [0.3, 0.4) is 0 Å². The molecule has 9 heteroatoms. The summed E-state index contributed by atoms with van der Waals surface area (Å²) in [4.78, 5) is 29.1. The highest BCUT2D eigenvalue weighted by Crippen LogP contribution is 2.33. The van der Waals surface area contributed by atoms with Gasteiger partial charge in [0.25, 0.3) is 0 Å². The Labute approximate surface area is 232 Å². The second-order valence-electron chi connectivity index (χ2n) is 11.5. The van der Waals surface area contributed by atoms with Gasteiger partial charge in [-0.1, -0.05) is 42.3 Å². The highest BCUT2D eigenvalue weighted by molar-refractivity contribution is 7.89. The lowest BCUT2D eigenvalue weighted by atomic mass is 9.86. The Hall–Kier alpha value is -2.75. The highest BCUT2D eigenvalue weighted by Gasteiger charge is 2.49. The molecule has 2 saturated heterocycles. The fraction of sp³-hybridized carbons (Fsp3) is 0.533. The summed E-state index contributed by atoms with van der Waals surface area (Å²) in [5.74, 6) is -0.778. The molecule has 2 aromatic carbocycles. The molecular formula is C30H40N4O4S. The van der Waals surface area contributed by atoms with Crippen LogP contribution in [0.25, 0.3) is 0 Å². The number of amides is 2. The first-order chi connectivity index (χ1) is 18.7. The number of carbonyl (C=O) groups excluding carboxylic acids is 2. The summed E-state index contributed by atoms with van der Waals surface area (Å²) in [6, 6.07) is 13.0. The SMILES string of the molecule is Cc1ccc(S(=O)(=O)N2CCNC(=O)[C@@]2(C)CC(=O)N[C@@H]2CCCc3cc(CN4CCCCC4)ccc32)cc1. The Morgan fingerprint density at radius 2 is 1.79 bits per heavy atom. The van der Waals surface area contributed by atoms with Crippen LogP contribution in [0.4, 0.5) is 0 Å². The van der Waals surface area contributed by atoms with Gasteiger partial charge in [0.05, 0.1) is 17.4 Å². The molecule has 8 nitrogen and oxygen atoms in total. The lowest BCUT2D eigenvalue weighted by molar-refractivity contribution is -0.137. The quantitative estimate of drug-likeness (QED) is 0.548. The van der Waals surface area contributed by atoms with Gasteiger partial charge < -0.3 is 10.6 Å². The van der Waals surface area contributed by atoms with Gasteiger partial charge in [-0.2, -0.15) is 4.31 Å². The molecule has 0 radical (unpaired) electrons. The number of rotatable bonds is 7. The van der Waals surface area contributed by atoms with Crippen molar-refractivity contribution in [1.82, 2.24) is 19.8 Å². The number of nitrogens with zero attached hydrogens (tertiary/aromatic N) is 2. The van der Waals surface area contributed by atoms with Crippen molar-refractivity contribution >= 4 is 21.8 Å². The Morgan fingerprint density at radius 1 is 1.05 bits per heavy atom. The van der Waals surface area contributed by atoms with Crippen LogP contribution in [-0.2, 0) is 32.6 Å². The fourth-order valence-electron chi connectivity index (χ4n) is 6.26. The summed E-state index contributed by atoms with van der Waals surface area (Å²) in [6.45, 7) is 7.02. The van der Waals surface area contributed by atoms with Crippen molar-refractivity contribution in [2.45, 2.75) is 81.8 Å². The molecule has 2 heterocycles. The second-order valence-corrected chi connectivity index (χ2v) is 13.3. The fourth-order valence-corrected chi connectivity index (χ4v) is 8.01. The van der Waals surface area contributed by atoms with Crippen molar-refractivity contribution in [2.24, 2.45) is 0 Å². The van der Waals surface area contributed by atoms with E-state index in [1.807, 2.05) is 6.92 Å². The molecule has 2 fully saturated rings. The first-order valence-corrected chi connectivity index (χ1v) is 15.6. The summed E-state index contributed by atoms with van der Waals surface area (Å²) in [6.07, 6.45) is 6.37. The smallest absolute Gasteiger partial charge is 0.244 e. The van der Waals surface area contributed by atoms with Crippen LogP contribution in [0.2, 0.25) is 0 Å². The molecule has 2 aromatic rings. The van der Waals surface area contributed by atoms with E-state index in [-0.39, 0.29) is 36.4 Å². The van der Waals surface area contributed by atoms with Crippen molar-refractivity contribution in [1.29, 1.82) is 0 Å².